The molecule has 1 saturated carbocycles. The summed E-state index contributed by atoms with van der Waals surface area (Å²) in [4.78, 5) is 27.7. The minimum Gasteiger partial charge on any atom is -0.444 e. The number of nitrogens with one attached hydrogen (secondary N) is 1. The van der Waals surface area contributed by atoms with E-state index in [0.717, 1.165) is 56.4 Å². The van der Waals surface area contributed by atoms with Crippen molar-refractivity contribution in [2.75, 3.05) is 13.2 Å². The number of amides is 2. The summed E-state index contributed by atoms with van der Waals surface area (Å²) < 4.78 is 28.0. The third kappa shape index (κ3) is 5.71. The summed E-state index contributed by atoms with van der Waals surface area (Å²) >= 11 is 0. The van der Waals surface area contributed by atoms with Gasteiger partial charge in [-0.05, 0) is 76.0 Å². The number of likely N-dealkylation sites (tertiary alicyclic amines) is 1. The summed E-state index contributed by atoms with van der Waals surface area (Å²) in [5.74, 6) is -0.618. The van der Waals surface area contributed by atoms with E-state index in [1.165, 1.54) is 6.07 Å². The van der Waals surface area contributed by atoms with Gasteiger partial charge in [0.15, 0.2) is 0 Å². The quantitative estimate of drug-likeness (QED) is 0.553. The molecule has 3 aliphatic rings. The van der Waals surface area contributed by atoms with Crippen LogP contribution in [0.1, 0.15) is 64.5 Å². The van der Waals surface area contributed by atoms with Crippen molar-refractivity contribution >= 4 is 12.0 Å². The van der Waals surface area contributed by atoms with Crippen molar-refractivity contribution in [1.82, 2.24) is 20.0 Å². The molecule has 2 aliphatic heterocycles. The molecule has 10 heteroatoms. The summed E-state index contributed by atoms with van der Waals surface area (Å²) in [5.41, 5.74) is 7.58. The fourth-order valence-corrected chi connectivity index (χ4v) is 5.99. The molecular formula is C28H38FN5O4. The predicted octanol–water partition coefficient (Wildman–Crippen LogP) is 3.77. The van der Waals surface area contributed by atoms with Crippen LogP contribution in [0.2, 0.25) is 0 Å². The van der Waals surface area contributed by atoms with E-state index in [1.807, 2.05) is 37.7 Å². The second-order valence-corrected chi connectivity index (χ2v) is 11.7. The van der Waals surface area contributed by atoms with Crippen LogP contribution >= 0.6 is 0 Å². The minimum atomic E-state index is -0.793. The van der Waals surface area contributed by atoms with Gasteiger partial charge < -0.3 is 20.5 Å². The van der Waals surface area contributed by atoms with E-state index < -0.39 is 23.9 Å². The lowest BCUT2D eigenvalue weighted by Gasteiger charge is -2.36. The zero-order valence-electron chi connectivity index (χ0n) is 22.4. The molecule has 3 N–H and O–H groups in total. The smallest absolute Gasteiger partial charge is 0.411 e. The number of hydrogen-bond acceptors (Lipinski definition) is 6. The number of ether oxygens (including phenoxy) is 2. The molecule has 206 valence electrons. The van der Waals surface area contributed by atoms with E-state index in [4.69, 9.17) is 15.2 Å². The number of benzene rings is 1. The van der Waals surface area contributed by atoms with E-state index in [9.17, 15) is 9.59 Å². The van der Waals surface area contributed by atoms with Crippen LogP contribution in [0.5, 0.6) is 0 Å². The summed E-state index contributed by atoms with van der Waals surface area (Å²) in [6.07, 6.45) is 6.93. The molecular weight excluding hydrogens is 489 g/mol. The largest absolute Gasteiger partial charge is 0.444 e. The lowest BCUT2D eigenvalue weighted by molar-refractivity contribution is -0.128. The first kappa shape index (κ1) is 26.6. The molecule has 3 heterocycles. The van der Waals surface area contributed by atoms with Gasteiger partial charge in [0.1, 0.15) is 17.5 Å². The highest BCUT2D eigenvalue weighted by atomic mass is 19.1. The van der Waals surface area contributed by atoms with Crippen LogP contribution in [-0.2, 0) is 20.7 Å². The van der Waals surface area contributed by atoms with Gasteiger partial charge >= 0.3 is 6.09 Å². The number of aromatic nitrogens is 2. The summed E-state index contributed by atoms with van der Waals surface area (Å²) in [5, 5.41) is 7.29. The standard InChI is InChI=1S/C28H38FN5O4/c1-28(2,3)38-27(36)34-22-7-6-19(12-22)25(34)26(35)32-24(30)14-18-5-4-17(13-23(18)29)20-15-31-33(16-20)21-8-10-37-11-9-21/h4-5,13,15-16,19,21-22,24-25H,6-12,14,30H2,1-3H3,(H,32,35). The molecule has 1 aromatic heterocycles. The van der Waals surface area contributed by atoms with Crippen LogP contribution in [0.4, 0.5) is 9.18 Å². The van der Waals surface area contributed by atoms with Crippen molar-refractivity contribution in [3.05, 3.63) is 42.0 Å². The summed E-state index contributed by atoms with van der Waals surface area (Å²) in [6, 6.07) is 4.71. The number of nitrogens with zero attached hydrogens (tertiary/aromatic N) is 3. The summed E-state index contributed by atoms with van der Waals surface area (Å²) in [6.45, 7) is 6.87. The molecule has 2 aromatic rings. The Hall–Kier alpha value is -2.98. The molecule has 2 amide bonds. The monoisotopic (exact) mass is 527 g/mol. The zero-order valence-corrected chi connectivity index (χ0v) is 22.4. The van der Waals surface area contributed by atoms with Crippen LogP contribution in [0.3, 0.4) is 0 Å². The highest BCUT2D eigenvalue weighted by Crippen LogP contribution is 2.43. The summed E-state index contributed by atoms with van der Waals surface area (Å²) in [7, 11) is 0. The topological polar surface area (TPSA) is 112 Å². The molecule has 2 bridgehead atoms. The lowest BCUT2D eigenvalue weighted by atomic mass is 9.97. The van der Waals surface area contributed by atoms with Gasteiger partial charge in [0.25, 0.3) is 0 Å². The van der Waals surface area contributed by atoms with E-state index in [0.29, 0.717) is 11.6 Å². The molecule has 5 rings (SSSR count). The third-order valence-corrected chi connectivity index (χ3v) is 7.78. The average molecular weight is 528 g/mol. The number of carbonyl (C=O) groups is 2. The van der Waals surface area contributed by atoms with Crippen molar-refractivity contribution in [2.45, 2.75) is 89.2 Å². The fourth-order valence-electron chi connectivity index (χ4n) is 5.99. The van der Waals surface area contributed by atoms with Crippen molar-refractivity contribution in [3.8, 4) is 11.1 Å². The molecule has 2 saturated heterocycles. The number of halogens is 1. The van der Waals surface area contributed by atoms with Gasteiger partial charge in [0, 0.05) is 37.4 Å². The Morgan fingerprint density at radius 1 is 1.18 bits per heavy atom. The Morgan fingerprint density at radius 3 is 2.66 bits per heavy atom. The molecule has 3 fully saturated rings. The number of rotatable bonds is 6. The van der Waals surface area contributed by atoms with Crippen LogP contribution < -0.4 is 11.1 Å². The number of carbonyl (C=O) groups excluding carboxylic acids is 2. The van der Waals surface area contributed by atoms with E-state index in [1.54, 1.807) is 17.2 Å². The number of hydrogen-bond donors (Lipinski definition) is 2. The fraction of sp³-hybridized carbons (Fsp3) is 0.607. The first-order chi connectivity index (χ1) is 18.1. The van der Waals surface area contributed by atoms with Crippen LogP contribution in [-0.4, -0.2) is 63.7 Å². The van der Waals surface area contributed by atoms with Gasteiger partial charge in [-0.1, -0.05) is 12.1 Å². The van der Waals surface area contributed by atoms with Gasteiger partial charge in [-0.25, -0.2) is 9.18 Å². The van der Waals surface area contributed by atoms with Crippen molar-refractivity contribution < 1.29 is 23.5 Å². The number of fused-ring (bicyclic) bond motifs is 2. The number of nitrogens with two attached hydrogens (primary N) is 1. The van der Waals surface area contributed by atoms with Crippen LogP contribution in [0.15, 0.2) is 30.6 Å². The second kappa shape index (κ2) is 10.6. The Morgan fingerprint density at radius 2 is 1.95 bits per heavy atom. The first-order valence-corrected chi connectivity index (χ1v) is 13.6. The van der Waals surface area contributed by atoms with E-state index >= 15 is 4.39 Å². The lowest BCUT2D eigenvalue weighted by Crippen LogP contribution is -2.57. The Balaban J connectivity index is 1.21. The van der Waals surface area contributed by atoms with E-state index in [2.05, 4.69) is 10.4 Å². The van der Waals surface area contributed by atoms with Gasteiger partial charge in [0.2, 0.25) is 5.91 Å². The Kier molecular flexibility index (Phi) is 7.46. The van der Waals surface area contributed by atoms with Crippen molar-refractivity contribution in [3.63, 3.8) is 0 Å². The number of piperidine rings is 1. The maximum Gasteiger partial charge on any atom is 0.411 e. The molecule has 1 aromatic carbocycles. The first-order valence-electron chi connectivity index (χ1n) is 13.6. The van der Waals surface area contributed by atoms with Crippen LogP contribution in [0.25, 0.3) is 11.1 Å². The molecule has 0 radical (unpaired) electrons. The minimum absolute atomic E-state index is 0.00242. The molecule has 0 spiro atoms. The van der Waals surface area contributed by atoms with Gasteiger partial charge in [-0.15, -0.1) is 0 Å². The normalized spacial score (nSPS) is 24.4. The Labute approximate surface area is 222 Å². The third-order valence-electron chi connectivity index (χ3n) is 7.78. The highest BCUT2D eigenvalue weighted by molar-refractivity contribution is 5.87. The van der Waals surface area contributed by atoms with E-state index in [-0.39, 0.29) is 30.1 Å². The maximum absolute atomic E-state index is 15.1. The highest BCUT2D eigenvalue weighted by Gasteiger charge is 2.52. The molecule has 9 nitrogen and oxygen atoms in total. The van der Waals surface area contributed by atoms with Crippen LogP contribution in [0, 0.1) is 11.7 Å². The van der Waals surface area contributed by atoms with Gasteiger partial charge in [-0.3, -0.25) is 14.4 Å². The molecule has 1 aliphatic carbocycles. The second-order valence-electron chi connectivity index (χ2n) is 11.7. The van der Waals surface area contributed by atoms with Gasteiger partial charge in [0.05, 0.1) is 18.4 Å². The molecule has 4 unspecified atom stereocenters. The van der Waals surface area contributed by atoms with Crippen molar-refractivity contribution in [1.29, 1.82) is 0 Å². The van der Waals surface area contributed by atoms with Gasteiger partial charge in [-0.2, -0.15) is 5.10 Å². The van der Waals surface area contributed by atoms with Crippen molar-refractivity contribution in [2.24, 2.45) is 11.7 Å². The SMILES string of the molecule is CC(C)(C)OC(=O)N1C2CCC(C2)C1C(=O)NC(N)Cc1ccc(-c2cnn(C3CCOCC3)c2)cc1F. The maximum atomic E-state index is 15.1. The zero-order chi connectivity index (χ0) is 27.0. The molecule has 38 heavy (non-hydrogen) atoms. The molecule has 4 atom stereocenters. The predicted molar refractivity (Wildman–Crippen MR) is 140 cm³/mol. The average Bonchev–Trinajstić information content (AvgIpc) is 3.61. The Bertz CT molecular complexity index is 1170.